The number of aliphatic hydroxyl groups is 1. The van der Waals surface area contributed by atoms with Crippen LogP contribution in [-0.4, -0.2) is 64.2 Å². The molecule has 2 fully saturated rings. The Hall–Kier alpha value is -2.58. The Kier molecular flexibility index (Phi) is 5.00. The van der Waals surface area contributed by atoms with Crippen molar-refractivity contribution in [2.75, 3.05) is 31.5 Å². The van der Waals surface area contributed by atoms with Gasteiger partial charge in [0.25, 0.3) is 5.91 Å². The van der Waals surface area contributed by atoms with Gasteiger partial charge in [-0.25, -0.2) is 14.4 Å². The van der Waals surface area contributed by atoms with Crippen LogP contribution in [0.4, 0.5) is 10.3 Å². The highest BCUT2D eigenvalue weighted by atomic mass is 19.1. The zero-order chi connectivity index (χ0) is 18.8. The van der Waals surface area contributed by atoms with Crippen LogP contribution in [0.3, 0.4) is 0 Å². The average Bonchev–Trinajstić information content (AvgIpc) is 2.67. The maximum atomic E-state index is 14.4. The van der Waals surface area contributed by atoms with E-state index in [0.29, 0.717) is 30.2 Å². The number of benzene rings is 1. The minimum Gasteiger partial charge on any atom is -0.389 e. The quantitative estimate of drug-likeness (QED) is 0.750. The number of likely N-dealkylation sites (tertiary alicyclic amines) is 1. The number of β-amino-alcohol motifs (C(OH)–C–C–N with tert-alkyl or cyclic N) is 1. The van der Waals surface area contributed by atoms with Gasteiger partial charge in [0.15, 0.2) is 5.82 Å². The summed E-state index contributed by atoms with van der Waals surface area (Å²) in [6.07, 6.45) is 2.62. The summed E-state index contributed by atoms with van der Waals surface area (Å²) >= 11 is 0. The smallest absolute Gasteiger partial charge is 0.254 e. The van der Waals surface area contributed by atoms with Gasteiger partial charge >= 0.3 is 0 Å². The van der Waals surface area contributed by atoms with Gasteiger partial charge in [-0.1, -0.05) is 12.1 Å². The number of carbonyl (C=O) groups excluding carboxylic acids is 1. The number of nitrogens with one attached hydrogen (secondary N) is 2. The van der Waals surface area contributed by atoms with Crippen molar-refractivity contribution < 1.29 is 14.3 Å². The van der Waals surface area contributed by atoms with E-state index >= 15 is 0 Å². The molecule has 1 amide bonds. The largest absolute Gasteiger partial charge is 0.389 e. The van der Waals surface area contributed by atoms with Gasteiger partial charge in [0.2, 0.25) is 5.95 Å². The van der Waals surface area contributed by atoms with Crippen LogP contribution in [0.15, 0.2) is 30.5 Å². The SMILES string of the molecule is O=C(c1cccc(-c2nc(NC3CCNCC3)ncc2F)c1)N1CC(O)C1. The minimum atomic E-state index is -0.533. The zero-order valence-electron chi connectivity index (χ0n) is 14.9. The van der Waals surface area contributed by atoms with Gasteiger partial charge < -0.3 is 20.6 Å². The molecule has 2 aliphatic heterocycles. The molecule has 0 aliphatic carbocycles. The van der Waals surface area contributed by atoms with Gasteiger partial charge in [-0.15, -0.1) is 0 Å². The van der Waals surface area contributed by atoms with Crippen LogP contribution in [0.1, 0.15) is 23.2 Å². The number of anilines is 1. The number of aliphatic hydroxyl groups excluding tert-OH is 1. The molecule has 2 aliphatic rings. The van der Waals surface area contributed by atoms with Crippen LogP contribution in [0, 0.1) is 5.82 Å². The van der Waals surface area contributed by atoms with Gasteiger partial charge in [-0.05, 0) is 38.1 Å². The molecule has 142 valence electrons. The fourth-order valence-corrected chi connectivity index (χ4v) is 3.39. The van der Waals surface area contributed by atoms with E-state index in [9.17, 15) is 14.3 Å². The van der Waals surface area contributed by atoms with Crippen LogP contribution >= 0.6 is 0 Å². The Morgan fingerprint density at radius 2 is 2.07 bits per heavy atom. The number of nitrogens with zero attached hydrogens (tertiary/aromatic N) is 3. The van der Waals surface area contributed by atoms with Crippen molar-refractivity contribution in [3.05, 3.63) is 41.8 Å². The highest BCUT2D eigenvalue weighted by Crippen LogP contribution is 2.24. The van der Waals surface area contributed by atoms with Crippen molar-refractivity contribution in [3.63, 3.8) is 0 Å². The van der Waals surface area contributed by atoms with E-state index < -0.39 is 11.9 Å². The van der Waals surface area contributed by atoms with E-state index in [4.69, 9.17) is 0 Å². The molecule has 2 saturated heterocycles. The Morgan fingerprint density at radius 3 is 2.81 bits per heavy atom. The number of amides is 1. The minimum absolute atomic E-state index is 0.166. The highest BCUT2D eigenvalue weighted by Gasteiger charge is 2.29. The number of hydrogen-bond donors (Lipinski definition) is 3. The van der Waals surface area contributed by atoms with Crippen molar-refractivity contribution >= 4 is 11.9 Å². The lowest BCUT2D eigenvalue weighted by Gasteiger charge is -2.35. The van der Waals surface area contributed by atoms with Crippen molar-refractivity contribution in [2.24, 2.45) is 0 Å². The van der Waals surface area contributed by atoms with Gasteiger partial charge in [0, 0.05) is 30.3 Å². The Balaban J connectivity index is 1.56. The number of aromatic nitrogens is 2. The first-order valence-corrected chi connectivity index (χ1v) is 9.18. The molecule has 1 aromatic heterocycles. The summed E-state index contributed by atoms with van der Waals surface area (Å²) in [5.41, 5.74) is 1.14. The highest BCUT2D eigenvalue weighted by molar-refractivity contribution is 5.96. The zero-order valence-corrected chi connectivity index (χ0v) is 14.9. The molecule has 0 saturated carbocycles. The summed E-state index contributed by atoms with van der Waals surface area (Å²) < 4.78 is 14.4. The van der Waals surface area contributed by atoms with Crippen LogP contribution in [0.2, 0.25) is 0 Å². The van der Waals surface area contributed by atoms with E-state index in [2.05, 4.69) is 20.6 Å². The Bertz CT molecular complexity index is 835. The second kappa shape index (κ2) is 7.58. The third kappa shape index (κ3) is 3.91. The summed E-state index contributed by atoms with van der Waals surface area (Å²) in [6, 6.07) is 7.01. The van der Waals surface area contributed by atoms with Crippen LogP contribution in [0.25, 0.3) is 11.3 Å². The maximum absolute atomic E-state index is 14.4. The molecule has 3 heterocycles. The molecule has 3 N–H and O–H groups in total. The second-order valence-electron chi connectivity index (χ2n) is 7.00. The predicted octanol–water partition coefficient (Wildman–Crippen LogP) is 1.26. The first-order chi connectivity index (χ1) is 13.1. The van der Waals surface area contributed by atoms with Crippen molar-refractivity contribution in [1.29, 1.82) is 0 Å². The van der Waals surface area contributed by atoms with Gasteiger partial charge in [0.05, 0.1) is 12.3 Å². The summed E-state index contributed by atoms with van der Waals surface area (Å²) in [5, 5.41) is 15.9. The molecule has 0 atom stereocenters. The predicted molar refractivity (Wildman–Crippen MR) is 98.9 cm³/mol. The molecule has 8 heteroatoms. The topological polar surface area (TPSA) is 90.4 Å². The van der Waals surface area contributed by atoms with E-state index in [1.54, 1.807) is 29.2 Å². The lowest BCUT2D eigenvalue weighted by atomic mass is 10.0. The molecule has 7 nitrogen and oxygen atoms in total. The van der Waals surface area contributed by atoms with Crippen LogP contribution in [-0.2, 0) is 0 Å². The third-order valence-electron chi connectivity index (χ3n) is 4.95. The summed E-state index contributed by atoms with van der Waals surface area (Å²) in [4.78, 5) is 22.4. The molecular formula is C19H22FN5O2. The van der Waals surface area contributed by atoms with Crippen LogP contribution in [0.5, 0.6) is 0 Å². The second-order valence-corrected chi connectivity index (χ2v) is 7.00. The summed E-state index contributed by atoms with van der Waals surface area (Å²) in [5.74, 6) is -0.319. The Labute approximate surface area is 156 Å². The standard InChI is InChI=1S/C19H22FN5O2/c20-16-9-22-19(23-14-4-6-21-7-5-14)24-17(16)12-2-1-3-13(8-12)18(27)25-10-15(26)11-25/h1-3,8-9,14-15,21,26H,4-7,10-11H2,(H,22,23,24). The molecule has 0 unspecified atom stereocenters. The fraction of sp³-hybridized carbons (Fsp3) is 0.421. The monoisotopic (exact) mass is 371 g/mol. The van der Waals surface area contributed by atoms with E-state index in [1.165, 1.54) is 0 Å². The summed E-state index contributed by atoms with van der Waals surface area (Å²) in [6.45, 7) is 2.52. The molecule has 0 radical (unpaired) electrons. The summed E-state index contributed by atoms with van der Waals surface area (Å²) in [7, 11) is 0. The van der Waals surface area contributed by atoms with Gasteiger partial charge in [-0.2, -0.15) is 0 Å². The Morgan fingerprint density at radius 1 is 1.30 bits per heavy atom. The van der Waals surface area contributed by atoms with E-state index in [1.807, 2.05) is 0 Å². The number of hydrogen-bond acceptors (Lipinski definition) is 6. The van der Waals surface area contributed by atoms with E-state index in [-0.39, 0.29) is 17.6 Å². The third-order valence-corrected chi connectivity index (χ3v) is 4.95. The first-order valence-electron chi connectivity index (χ1n) is 9.18. The average molecular weight is 371 g/mol. The fourth-order valence-electron chi connectivity index (χ4n) is 3.39. The number of halogens is 1. The molecule has 27 heavy (non-hydrogen) atoms. The number of carbonyl (C=O) groups is 1. The maximum Gasteiger partial charge on any atom is 0.254 e. The molecule has 0 spiro atoms. The lowest BCUT2D eigenvalue weighted by Crippen LogP contribution is -2.53. The van der Waals surface area contributed by atoms with Crippen molar-refractivity contribution in [2.45, 2.75) is 25.0 Å². The van der Waals surface area contributed by atoms with E-state index in [0.717, 1.165) is 32.1 Å². The molecule has 2 aromatic rings. The molecule has 0 bridgehead atoms. The van der Waals surface area contributed by atoms with Gasteiger partial charge in [0.1, 0.15) is 5.69 Å². The molecule has 1 aromatic carbocycles. The molecular weight excluding hydrogens is 349 g/mol. The number of piperidine rings is 1. The number of rotatable bonds is 4. The van der Waals surface area contributed by atoms with Gasteiger partial charge in [-0.3, -0.25) is 4.79 Å². The lowest BCUT2D eigenvalue weighted by molar-refractivity contribution is 0.00590. The van der Waals surface area contributed by atoms with Crippen molar-refractivity contribution in [1.82, 2.24) is 20.2 Å². The van der Waals surface area contributed by atoms with Crippen LogP contribution < -0.4 is 10.6 Å². The first kappa shape index (κ1) is 17.8. The normalized spacial score (nSPS) is 18.2. The molecule has 4 rings (SSSR count). The van der Waals surface area contributed by atoms with Crippen molar-refractivity contribution in [3.8, 4) is 11.3 Å².